The molecule has 1 fully saturated rings. The summed E-state index contributed by atoms with van der Waals surface area (Å²) in [5, 5.41) is 9.03. The summed E-state index contributed by atoms with van der Waals surface area (Å²) in [6.07, 6.45) is 0. The Balaban J connectivity index is 1.80. The van der Waals surface area contributed by atoms with Crippen molar-refractivity contribution in [1.29, 1.82) is 0 Å². The number of rotatable bonds is 6. The van der Waals surface area contributed by atoms with Crippen LogP contribution < -0.4 is 0 Å². The molecule has 0 amide bonds. The summed E-state index contributed by atoms with van der Waals surface area (Å²) in [6, 6.07) is 7.25. The van der Waals surface area contributed by atoms with Crippen LogP contribution in [0.5, 0.6) is 0 Å². The summed E-state index contributed by atoms with van der Waals surface area (Å²) in [5.41, 5.74) is 1.45. The van der Waals surface area contributed by atoms with Gasteiger partial charge in [-0.25, -0.2) is 4.79 Å². The van der Waals surface area contributed by atoms with Crippen molar-refractivity contribution in [3.05, 3.63) is 35.4 Å². The fraction of sp³-hybridized carbons (Fsp3) is 0.562. The summed E-state index contributed by atoms with van der Waals surface area (Å²) in [4.78, 5) is 18.1. The zero-order chi connectivity index (χ0) is 15.2. The van der Waals surface area contributed by atoms with Gasteiger partial charge in [0, 0.05) is 45.8 Å². The van der Waals surface area contributed by atoms with E-state index in [9.17, 15) is 4.79 Å². The van der Waals surface area contributed by atoms with Crippen molar-refractivity contribution in [2.75, 3.05) is 53.4 Å². The minimum absolute atomic E-state index is 0.372. The number of aromatic carboxylic acids is 1. The average Bonchev–Trinajstić information content (AvgIpc) is 2.47. The van der Waals surface area contributed by atoms with Gasteiger partial charge >= 0.3 is 5.97 Å². The molecule has 0 spiro atoms. The maximum absolute atomic E-state index is 11.0. The van der Waals surface area contributed by atoms with Crippen LogP contribution in [0.15, 0.2) is 24.3 Å². The summed E-state index contributed by atoms with van der Waals surface area (Å²) < 4.78 is 0. The lowest BCUT2D eigenvalue weighted by Crippen LogP contribution is -2.47. The molecular formula is C16H25N3O2. The maximum atomic E-state index is 11.0. The van der Waals surface area contributed by atoms with Gasteiger partial charge in [-0.2, -0.15) is 0 Å². The average molecular weight is 291 g/mol. The lowest BCUT2D eigenvalue weighted by atomic mass is 10.1. The fourth-order valence-corrected chi connectivity index (χ4v) is 2.57. The Morgan fingerprint density at radius 1 is 1.19 bits per heavy atom. The highest BCUT2D eigenvalue weighted by Crippen LogP contribution is 2.11. The van der Waals surface area contributed by atoms with E-state index >= 15 is 0 Å². The monoisotopic (exact) mass is 291 g/mol. The smallest absolute Gasteiger partial charge is 0.335 e. The molecule has 1 aliphatic heterocycles. The fourth-order valence-electron chi connectivity index (χ4n) is 2.57. The molecule has 1 aromatic carbocycles. The molecular weight excluding hydrogens is 266 g/mol. The Morgan fingerprint density at radius 3 is 2.48 bits per heavy atom. The molecule has 0 unspecified atom stereocenters. The van der Waals surface area contributed by atoms with Crippen LogP contribution in [0.3, 0.4) is 0 Å². The molecule has 0 saturated carbocycles. The van der Waals surface area contributed by atoms with Crippen LogP contribution in [0.4, 0.5) is 0 Å². The third-order valence-corrected chi connectivity index (χ3v) is 3.91. The normalized spacial score (nSPS) is 17.3. The highest BCUT2D eigenvalue weighted by Gasteiger charge is 2.17. The van der Waals surface area contributed by atoms with E-state index in [1.54, 1.807) is 12.1 Å². The van der Waals surface area contributed by atoms with Gasteiger partial charge in [0.25, 0.3) is 0 Å². The van der Waals surface area contributed by atoms with Crippen molar-refractivity contribution in [3.8, 4) is 0 Å². The minimum atomic E-state index is -0.856. The van der Waals surface area contributed by atoms with Gasteiger partial charge in [-0.3, -0.25) is 9.80 Å². The molecule has 0 aliphatic carbocycles. The maximum Gasteiger partial charge on any atom is 0.335 e. The molecule has 5 heteroatoms. The number of hydrogen-bond acceptors (Lipinski definition) is 4. The zero-order valence-electron chi connectivity index (χ0n) is 13.0. The van der Waals surface area contributed by atoms with Gasteiger partial charge in [0.05, 0.1) is 5.56 Å². The number of hydrogen-bond donors (Lipinski definition) is 1. The van der Waals surface area contributed by atoms with Crippen LogP contribution in [0.1, 0.15) is 15.9 Å². The van der Waals surface area contributed by atoms with Crippen LogP contribution in [0.2, 0.25) is 0 Å². The Morgan fingerprint density at radius 2 is 1.86 bits per heavy atom. The van der Waals surface area contributed by atoms with Gasteiger partial charge in [-0.05, 0) is 31.8 Å². The van der Waals surface area contributed by atoms with Gasteiger partial charge in [-0.15, -0.1) is 0 Å². The molecule has 0 bridgehead atoms. The van der Waals surface area contributed by atoms with Crippen molar-refractivity contribution < 1.29 is 9.90 Å². The largest absolute Gasteiger partial charge is 0.478 e. The first-order valence-electron chi connectivity index (χ1n) is 7.46. The van der Waals surface area contributed by atoms with Crippen LogP contribution in [-0.2, 0) is 6.54 Å². The van der Waals surface area contributed by atoms with Crippen LogP contribution in [0.25, 0.3) is 0 Å². The number of carbonyl (C=O) groups is 1. The topological polar surface area (TPSA) is 47.0 Å². The standard InChI is InChI=1S/C16H25N3O2/c1-17(2)6-7-18-8-10-19(11-9-18)13-14-4-3-5-15(12-14)16(20)21/h3-5,12H,6-11,13H2,1-2H3,(H,20,21). The van der Waals surface area contributed by atoms with Crippen LogP contribution in [-0.4, -0.2) is 79.1 Å². The van der Waals surface area contributed by atoms with Crippen molar-refractivity contribution in [2.45, 2.75) is 6.54 Å². The summed E-state index contributed by atoms with van der Waals surface area (Å²) in [7, 11) is 4.21. The zero-order valence-corrected chi connectivity index (χ0v) is 13.0. The summed E-state index contributed by atoms with van der Waals surface area (Å²) in [6.45, 7) is 7.33. The van der Waals surface area contributed by atoms with Crippen LogP contribution >= 0.6 is 0 Å². The van der Waals surface area contributed by atoms with Gasteiger partial charge in [0.15, 0.2) is 0 Å². The van der Waals surface area contributed by atoms with E-state index in [2.05, 4.69) is 28.8 Å². The Kier molecular flexibility index (Phi) is 5.73. The van der Waals surface area contributed by atoms with Gasteiger partial charge in [0.2, 0.25) is 0 Å². The number of likely N-dealkylation sites (N-methyl/N-ethyl adjacent to an activating group) is 1. The Labute approximate surface area is 126 Å². The molecule has 0 radical (unpaired) electrons. The molecule has 21 heavy (non-hydrogen) atoms. The van der Waals surface area contributed by atoms with E-state index < -0.39 is 5.97 Å². The Bertz CT molecular complexity index is 468. The second-order valence-corrected chi connectivity index (χ2v) is 5.93. The summed E-state index contributed by atoms with van der Waals surface area (Å²) >= 11 is 0. The number of carboxylic acid groups (broad SMARTS) is 1. The lowest BCUT2D eigenvalue weighted by molar-refractivity contribution is 0.0696. The van der Waals surface area contributed by atoms with Crippen LogP contribution in [0, 0.1) is 0 Å². The van der Waals surface area contributed by atoms with E-state index in [4.69, 9.17) is 5.11 Å². The molecule has 5 nitrogen and oxygen atoms in total. The molecule has 1 saturated heterocycles. The first-order valence-corrected chi connectivity index (χ1v) is 7.46. The molecule has 116 valence electrons. The molecule has 1 heterocycles. The highest BCUT2D eigenvalue weighted by molar-refractivity contribution is 5.87. The van der Waals surface area contributed by atoms with Crippen molar-refractivity contribution in [2.24, 2.45) is 0 Å². The second kappa shape index (κ2) is 7.54. The van der Waals surface area contributed by atoms with E-state index in [0.29, 0.717) is 5.56 Å². The van der Waals surface area contributed by atoms with E-state index in [0.717, 1.165) is 51.4 Å². The molecule has 0 atom stereocenters. The van der Waals surface area contributed by atoms with Crippen molar-refractivity contribution >= 4 is 5.97 Å². The van der Waals surface area contributed by atoms with E-state index in [1.807, 2.05) is 12.1 Å². The van der Waals surface area contributed by atoms with Gasteiger partial charge in [0.1, 0.15) is 0 Å². The van der Waals surface area contributed by atoms with E-state index in [1.165, 1.54) is 0 Å². The molecule has 1 N–H and O–H groups in total. The molecule has 2 rings (SSSR count). The number of nitrogens with zero attached hydrogens (tertiary/aromatic N) is 3. The number of benzene rings is 1. The number of piperazine rings is 1. The van der Waals surface area contributed by atoms with Crippen molar-refractivity contribution in [3.63, 3.8) is 0 Å². The quantitative estimate of drug-likeness (QED) is 0.849. The number of carboxylic acids is 1. The SMILES string of the molecule is CN(C)CCN1CCN(Cc2cccc(C(=O)O)c2)CC1. The third-order valence-electron chi connectivity index (χ3n) is 3.91. The first-order chi connectivity index (χ1) is 10.0. The second-order valence-electron chi connectivity index (χ2n) is 5.93. The van der Waals surface area contributed by atoms with Gasteiger partial charge in [-0.1, -0.05) is 12.1 Å². The lowest BCUT2D eigenvalue weighted by Gasteiger charge is -2.35. The molecule has 1 aliphatic rings. The summed E-state index contributed by atoms with van der Waals surface area (Å²) in [5.74, 6) is -0.856. The van der Waals surface area contributed by atoms with E-state index in [-0.39, 0.29) is 0 Å². The third kappa shape index (κ3) is 5.12. The first kappa shape index (κ1) is 15.9. The molecule has 1 aromatic rings. The Hall–Kier alpha value is -1.43. The van der Waals surface area contributed by atoms with Crippen molar-refractivity contribution in [1.82, 2.24) is 14.7 Å². The predicted octanol–water partition coefficient (Wildman–Crippen LogP) is 1.06. The van der Waals surface area contributed by atoms with Gasteiger partial charge < -0.3 is 10.0 Å². The molecule has 0 aromatic heterocycles. The highest BCUT2D eigenvalue weighted by atomic mass is 16.4. The minimum Gasteiger partial charge on any atom is -0.478 e. The predicted molar refractivity (Wildman–Crippen MR) is 83.7 cm³/mol.